The first kappa shape index (κ1) is 19.7. The molecule has 30 heavy (non-hydrogen) atoms. The Morgan fingerprint density at radius 1 is 1.17 bits per heavy atom. The van der Waals surface area contributed by atoms with Crippen LogP contribution in [0, 0.1) is 25.2 Å². The van der Waals surface area contributed by atoms with E-state index in [0.717, 1.165) is 79.8 Å². The molecule has 2 N–H and O–H groups in total. The third-order valence-corrected chi connectivity index (χ3v) is 8.17. The summed E-state index contributed by atoms with van der Waals surface area (Å²) >= 11 is 3.29. The fraction of sp³-hybridized carbons (Fsp3) is 0.476. The number of anilines is 2. The van der Waals surface area contributed by atoms with Crippen LogP contribution in [0.2, 0.25) is 0 Å². The third-order valence-electron chi connectivity index (χ3n) is 6.02. The summed E-state index contributed by atoms with van der Waals surface area (Å²) in [6.07, 6.45) is 0.818. The molecule has 0 atom stereocenters. The molecule has 3 aromatic rings. The molecule has 5 heterocycles. The number of fused-ring (bicyclic) bond motifs is 2. The fourth-order valence-electron chi connectivity index (χ4n) is 4.26. The van der Waals surface area contributed by atoms with Crippen LogP contribution in [0.1, 0.15) is 32.3 Å². The molecule has 0 unspecified atom stereocenters. The molecular formula is C21H24N6OS2. The Morgan fingerprint density at radius 2 is 1.97 bits per heavy atom. The topological polar surface area (TPSA) is 91.3 Å². The quantitative estimate of drug-likeness (QED) is 0.669. The highest BCUT2D eigenvalue weighted by Gasteiger charge is 2.27. The van der Waals surface area contributed by atoms with Crippen LogP contribution in [-0.2, 0) is 24.2 Å². The largest absolute Gasteiger partial charge is 0.389 e. The maximum atomic E-state index is 9.45. The SMILES string of the molecule is Cc1sc2nc(CN3CCOCC3)nc(N3CCc4c(sc(N)c4C#N)C3)c2c1C. The van der Waals surface area contributed by atoms with Gasteiger partial charge in [-0.1, -0.05) is 0 Å². The number of aromatic nitrogens is 2. The summed E-state index contributed by atoms with van der Waals surface area (Å²) in [4.78, 5) is 18.2. The van der Waals surface area contributed by atoms with Crippen molar-refractivity contribution in [1.82, 2.24) is 14.9 Å². The first-order chi connectivity index (χ1) is 14.5. The maximum absolute atomic E-state index is 9.45. The number of ether oxygens (including phenoxy) is 1. The molecule has 1 saturated heterocycles. The van der Waals surface area contributed by atoms with Crippen LogP contribution in [0.25, 0.3) is 10.2 Å². The number of hydrogen-bond acceptors (Lipinski definition) is 9. The van der Waals surface area contributed by atoms with Gasteiger partial charge in [-0.2, -0.15) is 5.26 Å². The highest BCUT2D eigenvalue weighted by Crippen LogP contribution is 2.40. The number of thiophene rings is 2. The highest BCUT2D eigenvalue weighted by atomic mass is 32.1. The summed E-state index contributed by atoms with van der Waals surface area (Å²) in [6.45, 7) is 9.99. The standard InChI is InChI=1S/C21H24N6OS2/c1-12-13(2)29-21-18(12)20(24-17(25-21)11-26-5-7-28-8-6-26)27-4-3-14-15(9-22)19(23)30-16(14)10-27/h3-8,10-11,23H2,1-2H3. The molecule has 9 heteroatoms. The van der Waals surface area contributed by atoms with Gasteiger partial charge < -0.3 is 15.4 Å². The number of nitriles is 1. The maximum Gasteiger partial charge on any atom is 0.146 e. The van der Waals surface area contributed by atoms with Crippen molar-refractivity contribution in [2.45, 2.75) is 33.4 Å². The van der Waals surface area contributed by atoms with Crippen LogP contribution in [-0.4, -0.2) is 47.7 Å². The molecule has 2 aliphatic rings. The zero-order valence-electron chi connectivity index (χ0n) is 17.2. The van der Waals surface area contributed by atoms with Crippen molar-refractivity contribution < 1.29 is 4.74 Å². The molecule has 0 aliphatic carbocycles. The Kier molecular flexibility index (Phi) is 5.11. The van der Waals surface area contributed by atoms with Crippen molar-refractivity contribution in [3.63, 3.8) is 0 Å². The molecule has 0 radical (unpaired) electrons. The van der Waals surface area contributed by atoms with Gasteiger partial charge in [0.25, 0.3) is 0 Å². The van der Waals surface area contributed by atoms with Crippen molar-refractivity contribution in [2.24, 2.45) is 0 Å². The minimum atomic E-state index is 0.632. The normalized spacial score (nSPS) is 17.3. The van der Waals surface area contributed by atoms with Crippen LogP contribution < -0.4 is 10.6 Å². The average molecular weight is 441 g/mol. The Hall–Kier alpha value is -2.25. The molecule has 2 aliphatic heterocycles. The van der Waals surface area contributed by atoms with E-state index in [1.807, 2.05) is 0 Å². The van der Waals surface area contributed by atoms with Gasteiger partial charge in [0.1, 0.15) is 27.5 Å². The van der Waals surface area contributed by atoms with Crippen molar-refractivity contribution in [1.29, 1.82) is 5.26 Å². The van der Waals surface area contributed by atoms with E-state index < -0.39 is 0 Å². The molecule has 0 saturated carbocycles. The second-order valence-corrected chi connectivity index (χ2v) is 10.2. The van der Waals surface area contributed by atoms with Gasteiger partial charge in [-0.3, -0.25) is 4.90 Å². The molecule has 0 bridgehead atoms. The van der Waals surface area contributed by atoms with Gasteiger partial charge in [0.05, 0.1) is 37.3 Å². The minimum Gasteiger partial charge on any atom is -0.389 e. The van der Waals surface area contributed by atoms with E-state index in [9.17, 15) is 5.26 Å². The summed E-state index contributed by atoms with van der Waals surface area (Å²) in [5.41, 5.74) is 9.14. The van der Waals surface area contributed by atoms with Gasteiger partial charge in [-0.25, -0.2) is 9.97 Å². The summed E-state index contributed by atoms with van der Waals surface area (Å²) in [5.74, 6) is 1.89. The minimum absolute atomic E-state index is 0.632. The summed E-state index contributed by atoms with van der Waals surface area (Å²) in [5, 5.41) is 11.2. The number of hydrogen-bond donors (Lipinski definition) is 1. The van der Waals surface area contributed by atoms with Gasteiger partial charge in [-0.15, -0.1) is 22.7 Å². The second-order valence-electron chi connectivity index (χ2n) is 7.84. The van der Waals surface area contributed by atoms with Crippen molar-refractivity contribution in [2.75, 3.05) is 43.5 Å². The smallest absolute Gasteiger partial charge is 0.146 e. The lowest BCUT2D eigenvalue weighted by molar-refractivity contribution is 0.0331. The Bertz CT molecular complexity index is 1150. The van der Waals surface area contributed by atoms with Crippen LogP contribution in [0.15, 0.2) is 0 Å². The molecule has 0 spiro atoms. The van der Waals surface area contributed by atoms with Gasteiger partial charge >= 0.3 is 0 Å². The van der Waals surface area contributed by atoms with E-state index in [1.165, 1.54) is 26.7 Å². The van der Waals surface area contributed by atoms with E-state index in [-0.39, 0.29) is 0 Å². The van der Waals surface area contributed by atoms with Crippen molar-refractivity contribution >= 4 is 43.7 Å². The van der Waals surface area contributed by atoms with Gasteiger partial charge in [0.15, 0.2) is 0 Å². The predicted octanol–water partition coefficient (Wildman–Crippen LogP) is 3.22. The van der Waals surface area contributed by atoms with Crippen LogP contribution in [0.3, 0.4) is 0 Å². The molecule has 1 fully saturated rings. The number of rotatable bonds is 3. The highest BCUT2D eigenvalue weighted by molar-refractivity contribution is 7.18. The molecule has 3 aromatic heterocycles. The van der Waals surface area contributed by atoms with E-state index in [1.54, 1.807) is 11.3 Å². The number of aryl methyl sites for hydroxylation is 2. The fourth-order valence-corrected chi connectivity index (χ4v) is 6.39. The Morgan fingerprint density at radius 3 is 2.73 bits per heavy atom. The second kappa shape index (κ2) is 7.78. The predicted molar refractivity (Wildman–Crippen MR) is 121 cm³/mol. The average Bonchev–Trinajstić information content (AvgIpc) is 3.22. The van der Waals surface area contributed by atoms with Gasteiger partial charge in [0, 0.05) is 29.4 Å². The molecule has 0 aromatic carbocycles. The lowest BCUT2D eigenvalue weighted by Crippen LogP contribution is -2.36. The van der Waals surface area contributed by atoms with Crippen LogP contribution in [0.4, 0.5) is 10.8 Å². The summed E-state index contributed by atoms with van der Waals surface area (Å²) < 4.78 is 5.48. The zero-order valence-corrected chi connectivity index (χ0v) is 18.8. The summed E-state index contributed by atoms with van der Waals surface area (Å²) in [6, 6.07) is 2.28. The molecular weight excluding hydrogens is 416 g/mol. The Balaban J connectivity index is 1.54. The van der Waals surface area contributed by atoms with E-state index in [0.29, 0.717) is 10.6 Å². The first-order valence-electron chi connectivity index (χ1n) is 10.2. The monoisotopic (exact) mass is 440 g/mol. The molecule has 5 rings (SSSR count). The van der Waals surface area contributed by atoms with E-state index in [2.05, 4.69) is 29.7 Å². The van der Waals surface area contributed by atoms with Crippen molar-refractivity contribution in [3.8, 4) is 6.07 Å². The number of nitrogen functional groups attached to an aromatic ring is 1. The number of nitrogens with two attached hydrogens (primary N) is 1. The number of nitrogens with zero attached hydrogens (tertiary/aromatic N) is 5. The van der Waals surface area contributed by atoms with Crippen LogP contribution in [0.5, 0.6) is 0 Å². The molecule has 0 amide bonds. The summed E-state index contributed by atoms with van der Waals surface area (Å²) in [7, 11) is 0. The van der Waals surface area contributed by atoms with Gasteiger partial charge in [-0.05, 0) is 31.4 Å². The molecule has 7 nitrogen and oxygen atoms in total. The third kappa shape index (κ3) is 3.34. The Labute approximate surface area is 183 Å². The zero-order chi connectivity index (χ0) is 20.8. The first-order valence-corrected chi connectivity index (χ1v) is 11.8. The van der Waals surface area contributed by atoms with Crippen molar-refractivity contribution in [3.05, 3.63) is 32.3 Å². The van der Waals surface area contributed by atoms with E-state index in [4.69, 9.17) is 20.4 Å². The lowest BCUT2D eigenvalue weighted by Gasteiger charge is -2.30. The van der Waals surface area contributed by atoms with Crippen LogP contribution >= 0.6 is 22.7 Å². The number of morpholine rings is 1. The lowest BCUT2D eigenvalue weighted by atomic mass is 10.0. The van der Waals surface area contributed by atoms with Gasteiger partial charge in [0.2, 0.25) is 0 Å². The molecule has 156 valence electrons. The van der Waals surface area contributed by atoms with E-state index >= 15 is 0 Å².